The Morgan fingerprint density at radius 3 is 2.38 bits per heavy atom. The van der Waals surface area contributed by atoms with Crippen LogP contribution in [-0.4, -0.2) is 55.2 Å². The Balaban J connectivity index is 2.22. The summed E-state index contributed by atoms with van der Waals surface area (Å²) < 4.78 is 5.21. The predicted octanol–water partition coefficient (Wildman–Crippen LogP) is 1.81. The maximum atomic E-state index is 11.7. The van der Waals surface area contributed by atoms with Gasteiger partial charge in [-0.25, -0.2) is 4.79 Å². The zero-order valence-electron chi connectivity index (χ0n) is 10.7. The molecule has 4 nitrogen and oxygen atoms in total. The Kier molecular flexibility index (Phi) is 5.60. The van der Waals surface area contributed by atoms with E-state index in [1.165, 1.54) is 6.42 Å². The van der Waals surface area contributed by atoms with Crippen LogP contribution in [0.15, 0.2) is 0 Å². The molecule has 94 valence electrons. The van der Waals surface area contributed by atoms with Gasteiger partial charge in [-0.1, -0.05) is 20.8 Å². The molecule has 0 saturated carbocycles. The third kappa shape index (κ3) is 4.39. The van der Waals surface area contributed by atoms with E-state index in [0.29, 0.717) is 12.5 Å². The van der Waals surface area contributed by atoms with E-state index in [4.69, 9.17) is 4.74 Å². The van der Waals surface area contributed by atoms with E-state index in [0.717, 1.165) is 32.7 Å². The van der Waals surface area contributed by atoms with Gasteiger partial charge in [0, 0.05) is 26.2 Å². The monoisotopic (exact) mass is 228 g/mol. The van der Waals surface area contributed by atoms with Crippen LogP contribution < -0.4 is 0 Å². The average molecular weight is 228 g/mol. The molecular weight excluding hydrogens is 204 g/mol. The van der Waals surface area contributed by atoms with Crippen molar-refractivity contribution in [3.05, 3.63) is 0 Å². The van der Waals surface area contributed by atoms with Crippen LogP contribution in [0.3, 0.4) is 0 Å². The van der Waals surface area contributed by atoms with Gasteiger partial charge in [0.1, 0.15) is 0 Å². The van der Waals surface area contributed by atoms with E-state index in [9.17, 15) is 4.79 Å². The van der Waals surface area contributed by atoms with Gasteiger partial charge in [0.2, 0.25) is 0 Å². The fourth-order valence-corrected chi connectivity index (χ4v) is 1.80. The van der Waals surface area contributed by atoms with E-state index in [1.807, 2.05) is 18.7 Å². The normalized spacial score (nSPS) is 17.9. The highest BCUT2D eigenvalue weighted by Crippen LogP contribution is 2.05. The first-order valence-electron chi connectivity index (χ1n) is 6.27. The second-order valence-corrected chi connectivity index (χ2v) is 4.80. The molecule has 1 rings (SSSR count). The SMILES string of the molecule is CCCN1CCN(C(=O)OCC(C)C)CC1. The van der Waals surface area contributed by atoms with E-state index < -0.39 is 0 Å². The van der Waals surface area contributed by atoms with Crippen molar-refractivity contribution in [3.63, 3.8) is 0 Å². The van der Waals surface area contributed by atoms with Crippen molar-refractivity contribution in [1.82, 2.24) is 9.80 Å². The first kappa shape index (κ1) is 13.3. The molecule has 1 amide bonds. The zero-order chi connectivity index (χ0) is 12.0. The Morgan fingerprint density at radius 2 is 1.88 bits per heavy atom. The second kappa shape index (κ2) is 6.74. The van der Waals surface area contributed by atoms with Crippen LogP contribution in [0.4, 0.5) is 4.79 Å². The van der Waals surface area contributed by atoms with Crippen LogP contribution >= 0.6 is 0 Å². The fraction of sp³-hybridized carbons (Fsp3) is 0.917. The summed E-state index contributed by atoms with van der Waals surface area (Å²) >= 11 is 0. The number of carbonyl (C=O) groups is 1. The van der Waals surface area contributed by atoms with Crippen molar-refractivity contribution < 1.29 is 9.53 Å². The molecule has 1 heterocycles. The largest absolute Gasteiger partial charge is 0.449 e. The fourth-order valence-electron chi connectivity index (χ4n) is 1.80. The minimum absolute atomic E-state index is 0.148. The van der Waals surface area contributed by atoms with Crippen LogP contribution in [0.2, 0.25) is 0 Å². The Bertz CT molecular complexity index is 211. The van der Waals surface area contributed by atoms with Crippen LogP contribution in [-0.2, 0) is 4.74 Å². The molecule has 1 aliphatic rings. The maximum Gasteiger partial charge on any atom is 0.409 e. The summed E-state index contributed by atoms with van der Waals surface area (Å²) in [6, 6.07) is 0. The van der Waals surface area contributed by atoms with Crippen LogP contribution in [0.1, 0.15) is 27.2 Å². The summed E-state index contributed by atoms with van der Waals surface area (Å²) in [5.74, 6) is 0.408. The van der Waals surface area contributed by atoms with Gasteiger partial charge in [0.15, 0.2) is 0 Å². The molecule has 0 radical (unpaired) electrons. The van der Waals surface area contributed by atoms with Gasteiger partial charge in [0.25, 0.3) is 0 Å². The minimum atomic E-state index is -0.148. The molecule has 0 atom stereocenters. The zero-order valence-corrected chi connectivity index (χ0v) is 10.7. The van der Waals surface area contributed by atoms with Gasteiger partial charge < -0.3 is 9.64 Å². The molecule has 0 bridgehead atoms. The third-order valence-electron chi connectivity index (χ3n) is 2.71. The molecule has 0 spiro atoms. The molecule has 0 aromatic rings. The lowest BCUT2D eigenvalue weighted by Crippen LogP contribution is -2.49. The number of nitrogens with zero attached hydrogens (tertiary/aromatic N) is 2. The Morgan fingerprint density at radius 1 is 1.25 bits per heavy atom. The second-order valence-electron chi connectivity index (χ2n) is 4.80. The lowest BCUT2D eigenvalue weighted by Gasteiger charge is -2.33. The lowest BCUT2D eigenvalue weighted by molar-refractivity contribution is 0.0691. The highest BCUT2D eigenvalue weighted by atomic mass is 16.6. The molecule has 1 fully saturated rings. The molecular formula is C12H24N2O2. The molecule has 0 unspecified atom stereocenters. The summed E-state index contributed by atoms with van der Waals surface area (Å²) in [5.41, 5.74) is 0. The van der Waals surface area contributed by atoms with Crippen molar-refractivity contribution in [2.24, 2.45) is 5.92 Å². The highest BCUT2D eigenvalue weighted by molar-refractivity contribution is 5.67. The molecule has 1 saturated heterocycles. The van der Waals surface area contributed by atoms with Crippen molar-refractivity contribution in [3.8, 4) is 0 Å². The lowest BCUT2D eigenvalue weighted by atomic mass is 10.2. The quantitative estimate of drug-likeness (QED) is 0.735. The summed E-state index contributed by atoms with van der Waals surface area (Å²) in [6.07, 6.45) is 1.03. The van der Waals surface area contributed by atoms with Gasteiger partial charge in [0.05, 0.1) is 6.61 Å². The van der Waals surface area contributed by atoms with Crippen molar-refractivity contribution in [2.75, 3.05) is 39.3 Å². The molecule has 0 aromatic carbocycles. The minimum Gasteiger partial charge on any atom is -0.449 e. The number of piperazine rings is 1. The summed E-state index contributed by atoms with van der Waals surface area (Å²) in [4.78, 5) is 15.9. The maximum absolute atomic E-state index is 11.7. The van der Waals surface area contributed by atoms with Crippen LogP contribution in [0, 0.1) is 5.92 Å². The number of amides is 1. The van der Waals surface area contributed by atoms with Gasteiger partial charge >= 0.3 is 6.09 Å². The number of hydrogen-bond acceptors (Lipinski definition) is 3. The summed E-state index contributed by atoms with van der Waals surface area (Å²) in [5, 5.41) is 0. The summed E-state index contributed by atoms with van der Waals surface area (Å²) in [7, 11) is 0. The van der Waals surface area contributed by atoms with E-state index in [2.05, 4.69) is 11.8 Å². The Labute approximate surface area is 98.5 Å². The standard InChI is InChI=1S/C12H24N2O2/c1-4-5-13-6-8-14(9-7-13)12(15)16-10-11(2)3/h11H,4-10H2,1-3H3. The van der Waals surface area contributed by atoms with Crippen LogP contribution in [0.25, 0.3) is 0 Å². The van der Waals surface area contributed by atoms with Gasteiger partial charge in [-0.05, 0) is 18.9 Å². The van der Waals surface area contributed by atoms with Crippen LogP contribution in [0.5, 0.6) is 0 Å². The average Bonchev–Trinajstić information content (AvgIpc) is 2.27. The smallest absolute Gasteiger partial charge is 0.409 e. The van der Waals surface area contributed by atoms with Gasteiger partial charge in [-0.15, -0.1) is 0 Å². The van der Waals surface area contributed by atoms with E-state index >= 15 is 0 Å². The molecule has 0 N–H and O–H groups in total. The number of hydrogen-bond donors (Lipinski definition) is 0. The number of ether oxygens (including phenoxy) is 1. The molecule has 0 aromatic heterocycles. The van der Waals surface area contributed by atoms with Gasteiger partial charge in [-0.3, -0.25) is 4.90 Å². The van der Waals surface area contributed by atoms with Crippen molar-refractivity contribution in [1.29, 1.82) is 0 Å². The topological polar surface area (TPSA) is 32.8 Å². The number of rotatable bonds is 4. The Hall–Kier alpha value is -0.770. The predicted molar refractivity (Wildman–Crippen MR) is 64.5 cm³/mol. The first-order chi connectivity index (χ1) is 7.63. The molecule has 16 heavy (non-hydrogen) atoms. The molecule has 0 aliphatic carbocycles. The third-order valence-corrected chi connectivity index (χ3v) is 2.71. The van der Waals surface area contributed by atoms with Crippen molar-refractivity contribution in [2.45, 2.75) is 27.2 Å². The van der Waals surface area contributed by atoms with E-state index in [-0.39, 0.29) is 6.09 Å². The number of carbonyl (C=O) groups excluding carboxylic acids is 1. The summed E-state index contributed by atoms with van der Waals surface area (Å²) in [6.45, 7) is 11.5. The molecule has 4 heteroatoms. The van der Waals surface area contributed by atoms with Crippen molar-refractivity contribution >= 4 is 6.09 Å². The van der Waals surface area contributed by atoms with Gasteiger partial charge in [-0.2, -0.15) is 0 Å². The highest BCUT2D eigenvalue weighted by Gasteiger charge is 2.21. The molecule has 1 aliphatic heterocycles. The van der Waals surface area contributed by atoms with E-state index in [1.54, 1.807) is 0 Å². The first-order valence-corrected chi connectivity index (χ1v) is 6.27.